The number of hydrogen-bond acceptors (Lipinski definition) is 3. The smallest absolute Gasteiger partial charge is 0.263 e. The molecule has 122 valence electrons. The molecule has 5 heteroatoms. The minimum absolute atomic E-state index is 0.0939. The van der Waals surface area contributed by atoms with E-state index in [4.69, 9.17) is 21.1 Å². The van der Waals surface area contributed by atoms with Crippen molar-refractivity contribution in [3.8, 4) is 11.5 Å². The summed E-state index contributed by atoms with van der Waals surface area (Å²) < 4.78 is 11.2. The van der Waals surface area contributed by atoms with E-state index in [1.807, 2.05) is 42.5 Å². The molecule has 0 fully saturated rings. The number of nitrogens with zero attached hydrogens (tertiary/aromatic N) is 1. The Morgan fingerprint density at radius 3 is 2.52 bits per heavy atom. The third-order valence-electron chi connectivity index (χ3n) is 3.27. The third-order valence-corrected chi connectivity index (χ3v) is 3.51. The molecule has 4 nitrogen and oxygen atoms in total. The maximum Gasteiger partial charge on any atom is 0.263 e. The van der Waals surface area contributed by atoms with Crippen molar-refractivity contribution in [2.75, 3.05) is 20.2 Å². The number of amides is 1. The van der Waals surface area contributed by atoms with Crippen molar-refractivity contribution in [1.82, 2.24) is 4.90 Å². The summed E-state index contributed by atoms with van der Waals surface area (Å²) in [5.74, 6) is 1.27. The summed E-state index contributed by atoms with van der Waals surface area (Å²) in [5.41, 5.74) is 0. The Kier molecular flexibility index (Phi) is 6.29. The zero-order valence-corrected chi connectivity index (χ0v) is 14.0. The van der Waals surface area contributed by atoms with E-state index in [-0.39, 0.29) is 5.91 Å². The lowest BCUT2D eigenvalue weighted by Gasteiger charge is -2.22. The molecule has 0 bridgehead atoms. The lowest BCUT2D eigenvalue weighted by molar-refractivity contribution is -0.136. The van der Waals surface area contributed by atoms with Crippen LogP contribution in [0.25, 0.3) is 0 Å². The predicted molar refractivity (Wildman–Crippen MR) is 91.1 cm³/mol. The molecule has 0 aromatic heterocycles. The zero-order valence-electron chi connectivity index (χ0n) is 13.2. The molecule has 2 aromatic rings. The average Bonchev–Trinajstić information content (AvgIpc) is 2.55. The van der Waals surface area contributed by atoms with Crippen LogP contribution in [0.3, 0.4) is 0 Å². The number of rotatable bonds is 7. The number of halogens is 1. The highest BCUT2D eigenvalue weighted by Gasteiger charge is 2.19. The Morgan fingerprint density at radius 1 is 1.13 bits per heavy atom. The van der Waals surface area contributed by atoms with Gasteiger partial charge in [-0.25, -0.2) is 0 Å². The molecule has 1 atom stereocenters. The fourth-order valence-electron chi connectivity index (χ4n) is 2.03. The van der Waals surface area contributed by atoms with E-state index >= 15 is 0 Å². The van der Waals surface area contributed by atoms with Gasteiger partial charge in [0, 0.05) is 12.1 Å². The molecule has 0 radical (unpaired) electrons. The Balaban J connectivity index is 1.78. The summed E-state index contributed by atoms with van der Waals surface area (Å²) in [6.45, 7) is 2.60. The van der Waals surface area contributed by atoms with E-state index in [0.717, 1.165) is 0 Å². The monoisotopic (exact) mass is 333 g/mol. The van der Waals surface area contributed by atoms with Gasteiger partial charge in [0.15, 0.2) is 6.10 Å². The molecule has 0 aliphatic carbocycles. The Bertz CT molecular complexity index is 633. The second-order valence-corrected chi connectivity index (χ2v) is 5.58. The number of benzene rings is 2. The highest BCUT2D eigenvalue weighted by Crippen LogP contribution is 2.17. The average molecular weight is 334 g/mol. The quantitative estimate of drug-likeness (QED) is 0.776. The van der Waals surface area contributed by atoms with E-state index in [9.17, 15) is 4.79 Å². The van der Waals surface area contributed by atoms with Gasteiger partial charge in [0.05, 0.1) is 6.54 Å². The molecule has 0 saturated heterocycles. The van der Waals surface area contributed by atoms with Crippen LogP contribution < -0.4 is 9.47 Å². The van der Waals surface area contributed by atoms with Crippen LogP contribution in [-0.4, -0.2) is 37.1 Å². The summed E-state index contributed by atoms with van der Waals surface area (Å²) in [6, 6.07) is 16.5. The number of hydrogen-bond donors (Lipinski definition) is 0. The predicted octanol–water partition coefficient (Wildman–Crippen LogP) is 3.64. The van der Waals surface area contributed by atoms with E-state index in [1.54, 1.807) is 31.0 Å². The highest BCUT2D eigenvalue weighted by molar-refractivity contribution is 6.30. The van der Waals surface area contributed by atoms with Crippen molar-refractivity contribution in [1.29, 1.82) is 0 Å². The summed E-state index contributed by atoms with van der Waals surface area (Å²) >= 11 is 5.89. The second-order valence-electron chi connectivity index (χ2n) is 5.14. The Hall–Kier alpha value is -2.20. The SMILES string of the molecule is CC(Oc1ccccc1)C(=O)N(C)CCOc1cccc(Cl)c1. The Labute approximate surface area is 141 Å². The second kappa shape index (κ2) is 8.44. The van der Waals surface area contributed by atoms with Crippen molar-refractivity contribution in [3.63, 3.8) is 0 Å². The van der Waals surface area contributed by atoms with Gasteiger partial charge in [0.1, 0.15) is 18.1 Å². The van der Waals surface area contributed by atoms with Crippen molar-refractivity contribution < 1.29 is 14.3 Å². The van der Waals surface area contributed by atoms with E-state index in [0.29, 0.717) is 29.7 Å². The van der Waals surface area contributed by atoms with Crippen LogP contribution in [0.5, 0.6) is 11.5 Å². The summed E-state index contributed by atoms with van der Waals surface area (Å²) in [7, 11) is 1.73. The van der Waals surface area contributed by atoms with Gasteiger partial charge >= 0.3 is 0 Å². The van der Waals surface area contributed by atoms with Gasteiger partial charge in [-0.1, -0.05) is 35.9 Å². The van der Waals surface area contributed by atoms with Crippen molar-refractivity contribution in [2.24, 2.45) is 0 Å². The van der Waals surface area contributed by atoms with Crippen LogP contribution in [0, 0.1) is 0 Å². The van der Waals surface area contributed by atoms with E-state index in [1.165, 1.54) is 0 Å². The Morgan fingerprint density at radius 2 is 1.83 bits per heavy atom. The van der Waals surface area contributed by atoms with Crippen LogP contribution in [0.2, 0.25) is 5.02 Å². The van der Waals surface area contributed by atoms with Gasteiger partial charge in [-0.05, 0) is 37.3 Å². The topological polar surface area (TPSA) is 38.8 Å². The molecular formula is C18H20ClNO3. The lowest BCUT2D eigenvalue weighted by atomic mass is 10.3. The first-order valence-corrected chi connectivity index (χ1v) is 7.79. The molecule has 0 saturated carbocycles. The molecule has 1 amide bonds. The minimum Gasteiger partial charge on any atom is -0.492 e. The standard InChI is InChI=1S/C18H20ClNO3/c1-14(23-16-8-4-3-5-9-16)18(21)20(2)11-12-22-17-10-6-7-15(19)13-17/h3-10,13-14H,11-12H2,1-2H3. The minimum atomic E-state index is -0.548. The van der Waals surface area contributed by atoms with Crippen molar-refractivity contribution in [3.05, 3.63) is 59.6 Å². The lowest BCUT2D eigenvalue weighted by Crippen LogP contribution is -2.39. The van der Waals surface area contributed by atoms with E-state index in [2.05, 4.69) is 0 Å². The van der Waals surface area contributed by atoms with Crippen LogP contribution in [0.4, 0.5) is 0 Å². The van der Waals surface area contributed by atoms with Gasteiger partial charge in [0.25, 0.3) is 5.91 Å². The molecule has 0 heterocycles. The maximum absolute atomic E-state index is 12.3. The molecule has 0 spiro atoms. The molecule has 0 aliphatic rings. The van der Waals surface area contributed by atoms with E-state index < -0.39 is 6.10 Å². The fourth-order valence-corrected chi connectivity index (χ4v) is 2.21. The molecule has 0 N–H and O–H groups in total. The molecular weight excluding hydrogens is 314 g/mol. The van der Waals surface area contributed by atoms with Gasteiger partial charge in [-0.2, -0.15) is 0 Å². The first-order chi connectivity index (χ1) is 11.1. The third kappa shape index (κ3) is 5.49. The van der Waals surface area contributed by atoms with Crippen LogP contribution >= 0.6 is 11.6 Å². The summed E-state index contributed by atoms with van der Waals surface area (Å²) in [6.07, 6.45) is -0.548. The zero-order chi connectivity index (χ0) is 16.7. The molecule has 0 aliphatic heterocycles. The van der Waals surface area contributed by atoms with Gasteiger partial charge < -0.3 is 14.4 Å². The first kappa shape index (κ1) is 17.2. The summed E-state index contributed by atoms with van der Waals surface area (Å²) in [4.78, 5) is 13.9. The largest absolute Gasteiger partial charge is 0.492 e. The fraction of sp³-hybridized carbons (Fsp3) is 0.278. The number of carbonyl (C=O) groups is 1. The van der Waals surface area contributed by atoms with Gasteiger partial charge in [-0.3, -0.25) is 4.79 Å². The van der Waals surface area contributed by atoms with Crippen molar-refractivity contribution in [2.45, 2.75) is 13.0 Å². The number of para-hydroxylation sites is 1. The molecule has 23 heavy (non-hydrogen) atoms. The molecule has 2 rings (SSSR count). The molecule has 1 unspecified atom stereocenters. The number of ether oxygens (including phenoxy) is 2. The summed E-state index contributed by atoms with van der Waals surface area (Å²) in [5, 5.41) is 0.622. The first-order valence-electron chi connectivity index (χ1n) is 7.41. The van der Waals surface area contributed by atoms with Crippen LogP contribution in [0.1, 0.15) is 6.92 Å². The normalized spacial score (nSPS) is 11.6. The molecule has 2 aromatic carbocycles. The maximum atomic E-state index is 12.3. The highest BCUT2D eigenvalue weighted by atomic mass is 35.5. The van der Waals surface area contributed by atoms with Crippen LogP contribution in [-0.2, 0) is 4.79 Å². The number of carbonyl (C=O) groups excluding carboxylic acids is 1. The van der Waals surface area contributed by atoms with Gasteiger partial charge in [-0.15, -0.1) is 0 Å². The number of likely N-dealkylation sites (N-methyl/N-ethyl adjacent to an activating group) is 1. The van der Waals surface area contributed by atoms with Gasteiger partial charge in [0.2, 0.25) is 0 Å². The van der Waals surface area contributed by atoms with Crippen molar-refractivity contribution >= 4 is 17.5 Å². The van der Waals surface area contributed by atoms with Crippen LogP contribution in [0.15, 0.2) is 54.6 Å².